The van der Waals surface area contributed by atoms with Crippen molar-refractivity contribution in [1.82, 2.24) is 0 Å². The average molecular weight is 368 g/mol. The number of ether oxygens (including phenoxy) is 1. The van der Waals surface area contributed by atoms with Crippen molar-refractivity contribution in [3.05, 3.63) is 35.4 Å². The maximum atomic E-state index is 10.9. The summed E-state index contributed by atoms with van der Waals surface area (Å²) in [6.45, 7) is -0.600. The first kappa shape index (κ1) is 19.7. The SMILES string of the molecule is OC[C@H]1O[C@@](O)(c2cccc(CC3CCC(O)CC3)c2)[C@H](O)[C@@H](O)[C@@H]1O. The fourth-order valence-electron chi connectivity index (χ4n) is 4.00. The van der Waals surface area contributed by atoms with Gasteiger partial charge in [-0.25, -0.2) is 0 Å². The second-order valence-electron chi connectivity index (χ2n) is 7.54. The first-order valence-corrected chi connectivity index (χ1v) is 9.18. The Hall–Kier alpha value is -1.06. The summed E-state index contributed by atoms with van der Waals surface area (Å²) in [6, 6.07) is 6.95. The summed E-state index contributed by atoms with van der Waals surface area (Å²) in [6.07, 6.45) is -2.08. The molecule has 0 bridgehead atoms. The van der Waals surface area contributed by atoms with Crippen molar-refractivity contribution in [3.63, 3.8) is 0 Å². The molecule has 1 aromatic carbocycles. The van der Waals surface area contributed by atoms with Crippen LogP contribution in [-0.2, 0) is 16.9 Å². The standard InChI is InChI=1S/C19H28O7/c20-10-15-16(22)17(23)18(24)19(25,26-15)13-3-1-2-12(9-13)8-11-4-6-14(21)7-5-11/h1-3,9,11,14-18,20-25H,4-8,10H2/t11?,14?,15-,16-,17+,18-,19+/m1/s1. The maximum absolute atomic E-state index is 10.9. The van der Waals surface area contributed by atoms with Crippen LogP contribution in [0.15, 0.2) is 24.3 Å². The molecular weight excluding hydrogens is 340 g/mol. The second-order valence-corrected chi connectivity index (χ2v) is 7.54. The highest BCUT2D eigenvalue weighted by Crippen LogP contribution is 2.37. The van der Waals surface area contributed by atoms with Crippen LogP contribution >= 0.6 is 0 Å². The van der Waals surface area contributed by atoms with Gasteiger partial charge in [0.1, 0.15) is 24.4 Å². The smallest absolute Gasteiger partial charge is 0.222 e. The monoisotopic (exact) mass is 368 g/mol. The summed E-state index contributed by atoms with van der Waals surface area (Å²) < 4.78 is 5.38. The van der Waals surface area contributed by atoms with Gasteiger partial charge in [-0.1, -0.05) is 24.3 Å². The molecule has 1 saturated carbocycles. The number of hydrogen-bond donors (Lipinski definition) is 6. The first-order chi connectivity index (χ1) is 12.3. The van der Waals surface area contributed by atoms with Crippen LogP contribution in [0.4, 0.5) is 0 Å². The van der Waals surface area contributed by atoms with Crippen molar-refractivity contribution in [2.75, 3.05) is 6.61 Å². The minimum absolute atomic E-state index is 0.215. The molecule has 1 aliphatic carbocycles. The zero-order valence-corrected chi connectivity index (χ0v) is 14.6. The van der Waals surface area contributed by atoms with Gasteiger partial charge in [0.05, 0.1) is 12.7 Å². The number of benzene rings is 1. The largest absolute Gasteiger partial charge is 0.394 e. The molecule has 1 aliphatic heterocycles. The fourth-order valence-corrected chi connectivity index (χ4v) is 4.00. The van der Waals surface area contributed by atoms with Crippen molar-refractivity contribution in [2.24, 2.45) is 5.92 Å². The van der Waals surface area contributed by atoms with Crippen LogP contribution in [0.1, 0.15) is 36.8 Å². The molecule has 1 aromatic rings. The molecule has 7 nitrogen and oxygen atoms in total. The molecule has 0 aromatic heterocycles. The molecule has 6 N–H and O–H groups in total. The fraction of sp³-hybridized carbons (Fsp3) is 0.684. The molecule has 1 heterocycles. The number of aliphatic hydroxyl groups is 6. The van der Waals surface area contributed by atoms with Crippen molar-refractivity contribution in [3.8, 4) is 0 Å². The van der Waals surface area contributed by atoms with Crippen LogP contribution in [0.2, 0.25) is 0 Å². The van der Waals surface area contributed by atoms with Gasteiger partial charge in [0.15, 0.2) is 0 Å². The van der Waals surface area contributed by atoms with Gasteiger partial charge in [0.2, 0.25) is 5.79 Å². The normalized spacial score (nSPS) is 41.2. The Balaban J connectivity index is 1.79. The van der Waals surface area contributed by atoms with Crippen molar-refractivity contribution >= 4 is 0 Å². The molecule has 2 fully saturated rings. The van der Waals surface area contributed by atoms with E-state index in [2.05, 4.69) is 0 Å². The molecule has 5 atom stereocenters. The summed E-state index contributed by atoms with van der Waals surface area (Å²) >= 11 is 0. The Morgan fingerprint density at radius 2 is 1.69 bits per heavy atom. The highest BCUT2D eigenvalue weighted by atomic mass is 16.7. The molecule has 26 heavy (non-hydrogen) atoms. The minimum Gasteiger partial charge on any atom is -0.394 e. The Morgan fingerprint density at radius 3 is 2.35 bits per heavy atom. The maximum Gasteiger partial charge on any atom is 0.222 e. The van der Waals surface area contributed by atoms with Gasteiger partial charge in [-0.2, -0.15) is 0 Å². The molecule has 2 aliphatic rings. The van der Waals surface area contributed by atoms with Gasteiger partial charge in [0, 0.05) is 5.56 Å². The Morgan fingerprint density at radius 1 is 1.00 bits per heavy atom. The van der Waals surface area contributed by atoms with Gasteiger partial charge in [0.25, 0.3) is 0 Å². The van der Waals surface area contributed by atoms with Gasteiger partial charge >= 0.3 is 0 Å². The number of aliphatic hydroxyl groups excluding tert-OH is 5. The molecule has 1 saturated heterocycles. The van der Waals surface area contributed by atoms with Crippen LogP contribution in [0.25, 0.3) is 0 Å². The summed E-state index contributed by atoms with van der Waals surface area (Å²) in [5, 5.41) is 60.0. The lowest BCUT2D eigenvalue weighted by atomic mass is 9.82. The molecule has 0 spiro atoms. The summed E-state index contributed by atoms with van der Waals surface area (Å²) in [5.41, 5.74) is 1.22. The van der Waals surface area contributed by atoms with Crippen molar-refractivity contribution in [1.29, 1.82) is 0 Å². The van der Waals surface area contributed by atoms with Crippen LogP contribution in [0.5, 0.6) is 0 Å². The third-order valence-electron chi connectivity index (χ3n) is 5.65. The lowest BCUT2D eigenvalue weighted by molar-refractivity contribution is -0.357. The van der Waals surface area contributed by atoms with Gasteiger partial charge < -0.3 is 35.4 Å². The van der Waals surface area contributed by atoms with Crippen LogP contribution < -0.4 is 0 Å². The zero-order chi connectivity index (χ0) is 18.9. The van der Waals surface area contributed by atoms with E-state index in [-0.39, 0.29) is 11.7 Å². The van der Waals surface area contributed by atoms with Crippen LogP contribution in [0.3, 0.4) is 0 Å². The number of rotatable bonds is 4. The predicted molar refractivity (Wildman–Crippen MR) is 92.0 cm³/mol. The van der Waals surface area contributed by atoms with Crippen molar-refractivity contribution in [2.45, 2.75) is 68.4 Å². The third kappa shape index (κ3) is 3.80. The number of hydrogen-bond acceptors (Lipinski definition) is 7. The molecule has 7 heteroatoms. The highest BCUT2D eigenvalue weighted by molar-refractivity contribution is 5.29. The van der Waals surface area contributed by atoms with Crippen LogP contribution in [-0.4, -0.2) is 67.8 Å². The van der Waals surface area contributed by atoms with Gasteiger partial charge in [-0.05, 0) is 43.6 Å². The van der Waals surface area contributed by atoms with E-state index in [1.54, 1.807) is 18.2 Å². The Kier molecular flexibility index (Phi) is 5.98. The van der Waals surface area contributed by atoms with Gasteiger partial charge in [-0.3, -0.25) is 0 Å². The molecule has 3 rings (SSSR count). The van der Waals surface area contributed by atoms with Crippen LogP contribution in [0, 0.1) is 5.92 Å². The predicted octanol–water partition coefficient (Wildman–Crippen LogP) is -0.601. The van der Waals surface area contributed by atoms with E-state index in [0.717, 1.165) is 37.7 Å². The Bertz CT molecular complexity index is 599. The van der Waals surface area contributed by atoms with E-state index in [9.17, 15) is 30.6 Å². The topological polar surface area (TPSA) is 131 Å². The van der Waals surface area contributed by atoms with E-state index < -0.39 is 36.8 Å². The quantitative estimate of drug-likeness (QED) is 0.418. The second kappa shape index (κ2) is 7.90. The average Bonchev–Trinajstić information content (AvgIpc) is 2.65. The minimum atomic E-state index is -2.22. The lowest BCUT2D eigenvalue weighted by Gasteiger charge is -2.45. The van der Waals surface area contributed by atoms with E-state index in [4.69, 9.17) is 4.74 Å². The van der Waals surface area contributed by atoms with E-state index in [0.29, 0.717) is 5.92 Å². The molecular formula is C19H28O7. The highest BCUT2D eigenvalue weighted by Gasteiger charge is 2.53. The summed E-state index contributed by atoms with van der Waals surface area (Å²) in [4.78, 5) is 0. The zero-order valence-electron chi connectivity index (χ0n) is 14.6. The van der Waals surface area contributed by atoms with E-state index in [1.165, 1.54) is 0 Å². The van der Waals surface area contributed by atoms with E-state index >= 15 is 0 Å². The molecule has 0 amide bonds. The van der Waals surface area contributed by atoms with Gasteiger partial charge in [-0.15, -0.1) is 0 Å². The van der Waals surface area contributed by atoms with Crippen molar-refractivity contribution < 1.29 is 35.4 Å². The molecule has 0 radical (unpaired) electrons. The lowest BCUT2D eigenvalue weighted by Crippen LogP contribution is -2.63. The third-order valence-corrected chi connectivity index (χ3v) is 5.65. The Labute approximate surface area is 152 Å². The first-order valence-electron chi connectivity index (χ1n) is 9.18. The van der Waals surface area contributed by atoms with E-state index in [1.807, 2.05) is 6.07 Å². The summed E-state index contributed by atoms with van der Waals surface area (Å²) in [7, 11) is 0. The molecule has 146 valence electrons. The summed E-state index contributed by atoms with van der Waals surface area (Å²) in [5.74, 6) is -1.77. The molecule has 0 unspecified atom stereocenters.